The van der Waals surface area contributed by atoms with Crippen LogP contribution in [0.3, 0.4) is 0 Å². The van der Waals surface area contributed by atoms with Crippen molar-refractivity contribution in [1.82, 2.24) is 5.32 Å². The van der Waals surface area contributed by atoms with E-state index >= 15 is 0 Å². The third-order valence-corrected chi connectivity index (χ3v) is 4.87. The molecule has 17 heavy (non-hydrogen) atoms. The summed E-state index contributed by atoms with van der Waals surface area (Å²) < 4.78 is 12.2. The second-order valence-corrected chi connectivity index (χ2v) is 6.25. The quantitative estimate of drug-likeness (QED) is 0.870. The Morgan fingerprint density at radius 3 is 2.88 bits per heavy atom. The summed E-state index contributed by atoms with van der Waals surface area (Å²) in [7, 11) is -0.870. The second-order valence-electron chi connectivity index (χ2n) is 4.75. The fourth-order valence-electron chi connectivity index (χ4n) is 2.42. The molecule has 0 saturated carbocycles. The molecule has 0 heterocycles. The van der Waals surface area contributed by atoms with E-state index in [2.05, 4.69) is 31.3 Å². The van der Waals surface area contributed by atoms with Crippen LogP contribution in [-0.2, 0) is 23.6 Å². The zero-order valence-electron chi connectivity index (χ0n) is 10.7. The first-order valence-corrected chi connectivity index (χ1v) is 7.76. The van der Waals surface area contributed by atoms with Crippen LogP contribution in [0.2, 0.25) is 0 Å². The number of rotatable bonds is 5. The van der Waals surface area contributed by atoms with Gasteiger partial charge in [-0.15, -0.1) is 0 Å². The van der Waals surface area contributed by atoms with E-state index in [1.165, 1.54) is 24.0 Å². The van der Waals surface area contributed by atoms with E-state index in [9.17, 15) is 4.21 Å². The average Bonchev–Trinajstić information content (AvgIpc) is 2.75. The Bertz CT molecular complexity index is 417. The summed E-state index contributed by atoms with van der Waals surface area (Å²) in [6.45, 7) is 5.10. The van der Waals surface area contributed by atoms with Crippen molar-refractivity contribution in [3.8, 4) is 0 Å². The van der Waals surface area contributed by atoms with Crippen LogP contribution in [0.25, 0.3) is 0 Å². The van der Waals surface area contributed by atoms with Crippen molar-refractivity contribution >= 4 is 10.8 Å². The first-order valence-electron chi connectivity index (χ1n) is 6.44. The average molecular weight is 251 g/mol. The van der Waals surface area contributed by atoms with E-state index in [1.807, 2.05) is 6.07 Å². The molecule has 1 aliphatic carbocycles. The number of benzene rings is 1. The third kappa shape index (κ3) is 3.17. The Morgan fingerprint density at radius 2 is 2.12 bits per heavy atom. The molecule has 2 nitrogen and oxygen atoms in total. The fraction of sp³-hybridized carbons (Fsp3) is 0.571. The van der Waals surface area contributed by atoms with E-state index in [1.54, 1.807) is 0 Å². The summed E-state index contributed by atoms with van der Waals surface area (Å²) in [4.78, 5) is 0.996. The van der Waals surface area contributed by atoms with Gasteiger partial charge in [0.2, 0.25) is 0 Å². The van der Waals surface area contributed by atoms with Gasteiger partial charge in [0.1, 0.15) is 0 Å². The maximum Gasteiger partial charge on any atom is 0.0545 e. The van der Waals surface area contributed by atoms with Gasteiger partial charge in [0, 0.05) is 16.7 Å². The Hall–Kier alpha value is -0.670. The lowest BCUT2D eigenvalue weighted by atomic mass is 10.1. The summed E-state index contributed by atoms with van der Waals surface area (Å²) in [5.41, 5.74) is 2.86. The molecule has 1 aliphatic rings. The van der Waals surface area contributed by atoms with Gasteiger partial charge in [-0.2, -0.15) is 0 Å². The molecule has 0 amide bonds. The van der Waals surface area contributed by atoms with Crippen LogP contribution < -0.4 is 5.32 Å². The Balaban J connectivity index is 2.04. The molecule has 2 rings (SSSR count). The van der Waals surface area contributed by atoms with Gasteiger partial charge in [-0.1, -0.05) is 13.0 Å². The maximum absolute atomic E-state index is 12.2. The maximum atomic E-state index is 12.2. The van der Waals surface area contributed by atoms with E-state index in [0.717, 1.165) is 17.9 Å². The number of aryl methyl sites for hydroxylation is 2. The Labute approximate surface area is 106 Å². The molecule has 0 aromatic heterocycles. The normalized spacial score (nSPS) is 17.8. The second kappa shape index (κ2) is 5.78. The highest BCUT2D eigenvalue weighted by Gasteiger charge is 2.14. The molecule has 1 N–H and O–H groups in total. The number of hydrogen-bond acceptors (Lipinski definition) is 2. The molecule has 0 fully saturated rings. The molecule has 94 valence electrons. The van der Waals surface area contributed by atoms with Crippen molar-refractivity contribution in [2.45, 2.75) is 44.0 Å². The summed E-state index contributed by atoms with van der Waals surface area (Å²) in [6, 6.07) is 6.66. The van der Waals surface area contributed by atoms with E-state index in [-0.39, 0.29) is 0 Å². The summed E-state index contributed by atoms with van der Waals surface area (Å²) in [5, 5.41) is 3.31. The smallest absolute Gasteiger partial charge is 0.0545 e. The zero-order valence-corrected chi connectivity index (χ0v) is 11.5. The molecule has 2 unspecified atom stereocenters. The lowest BCUT2D eigenvalue weighted by molar-refractivity contribution is 0.607. The van der Waals surface area contributed by atoms with Gasteiger partial charge in [-0.05, 0) is 56.0 Å². The first-order chi connectivity index (χ1) is 8.20. The number of nitrogens with one attached hydrogen (secondary N) is 1. The predicted octanol–water partition coefficient (Wildman–Crippen LogP) is 2.28. The van der Waals surface area contributed by atoms with E-state index < -0.39 is 10.8 Å². The van der Waals surface area contributed by atoms with E-state index in [4.69, 9.17) is 0 Å². The van der Waals surface area contributed by atoms with Crippen LogP contribution in [0.15, 0.2) is 23.1 Å². The fourth-order valence-corrected chi connectivity index (χ4v) is 3.68. The minimum atomic E-state index is -0.870. The highest BCUT2D eigenvalue weighted by Crippen LogP contribution is 2.24. The van der Waals surface area contributed by atoms with Crippen molar-refractivity contribution in [3.63, 3.8) is 0 Å². The van der Waals surface area contributed by atoms with Crippen molar-refractivity contribution in [2.75, 3.05) is 12.3 Å². The Kier molecular flexibility index (Phi) is 4.35. The number of hydrogen-bond donors (Lipinski definition) is 1. The van der Waals surface area contributed by atoms with Crippen molar-refractivity contribution in [3.05, 3.63) is 29.3 Å². The number of fused-ring (bicyclic) bond motifs is 1. The largest absolute Gasteiger partial charge is 0.314 e. The van der Waals surface area contributed by atoms with E-state index in [0.29, 0.717) is 11.8 Å². The van der Waals surface area contributed by atoms with Crippen molar-refractivity contribution in [2.24, 2.45) is 0 Å². The molecule has 1 aromatic carbocycles. The SMILES string of the molecule is CCNC(C)CS(=O)c1ccc2c(c1)CCC2. The van der Waals surface area contributed by atoms with Crippen LogP contribution in [0.5, 0.6) is 0 Å². The van der Waals surface area contributed by atoms with Crippen LogP contribution in [0.1, 0.15) is 31.4 Å². The van der Waals surface area contributed by atoms with Crippen LogP contribution in [0, 0.1) is 0 Å². The summed E-state index contributed by atoms with van der Waals surface area (Å²) in [5.74, 6) is 0.701. The highest BCUT2D eigenvalue weighted by molar-refractivity contribution is 7.85. The van der Waals surface area contributed by atoms with Crippen molar-refractivity contribution in [1.29, 1.82) is 0 Å². The topological polar surface area (TPSA) is 29.1 Å². The minimum absolute atomic E-state index is 0.314. The summed E-state index contributed by atoms with van der Waals surface area (Å²) in [6.07, 6.45) is 3.60. The Morgan fingerprint density at radius 1 is 1.35 bits per heavy atom. The van der Waals surface area contributed by atoms with Crippen LogP contribution in [0.4, 0.5) is 0 Å². The van der Waals surface area contributed by atoms with Crippen molar-refractivity contribution < 1.29 is 4.21 Å². The van der Waals surface area contributed by atoms with Gasteiger partial charge in [-0.25, -0.2) is 0 Å². The lowest BCUT2D eigenvalue weighted by Crippen LogP contribution is -2.30. The molecule has 1 aromatic rings. The minimum Gasteiger partial charge on any atom is -0.314 e. The molecule has 3 heteroatoms. The van der Waals surface area contributed by atoms with Gasteiger partial charge >= 0.3 is 0 Å². The molecular formula is C14H21NOS. The first kappa shape index (κ1) is 12.8. The van der Waals surface area contributed by atoms with Gasteiger partial charge in [-0.3, -0.25) is 4.21 Å². The van der Waals surface area contributed by atoms with Crippen LogP contribution >= 0.6 is 0 Å². The summed E-state index contributed by atoms with van der Waals surface area (Å²) >= 11 is 0. The molecule has 2 atom stereocenters. The van der Waals surface area contributed by atoms with Crippen LogP contribution in [-0.4, -0.2) is 22.5 Å². The molecule has 0 bridgehead atoms. The van der Waals surface area contributed by atoms with Gasteiger partial charge < -0.3 is 5.32 Å². The van der Waals surface area contributed by atoms with Gasteiger partial charge in [0.05, 0.1) is 10.8 Å². The van der Waals surface area contributed by atoms with Gasteiger partial charge in [0.25, 0.3) is 0 Å². The molecule has 0 aliphatic heterocycles. The highest BCUT2D eigenvalue weighted by atomic mass is 32.2. The lowest BCUT2D eigenvalue weighted by Gasteiger charge is -2.12. The third-order valence-electron chi connectivity index (χ3n) is 3.29. The zero-order chi connectivity index (χ0) is 12.3. The predicted molar refractivity (Wildman–Crippen MR) is 72.9 cm³/mol. The standard InChI is InChI=1S/C14H21NOS/c1-3-15-11(2)10-17(16)14-8-7-12-5-4-6-13(12)9-14/h7-9,11,15H,3-6,10H2,1-2H3. The monoisotopic (exact) mass is 251 g/mol. The molecule has 0 spiro atoms. The molecular weight excluding hydrogens is 230 g/mol. The van der Waals surface area contributed by atoms with Gasteiger partial charge in [0.15, 0.2) is 0 Å². The molecule has 0 radical (unpaired) electrons. The molecule has 0 saturated heterocycles.